The van der Waals surface area contributed by atoms with Gasteiger partial charge in [0.15, 0.2) is 0 Å². The molecule has 2 unspecified atom stereocenters. The van der Waals surface area contributed by atoms with Crippen molar-refractivity contribution in [2.45, 2.75) is 38.4 Å². The zero-order chi connectivity index (χ0) is 9.56. The molecule has 1 N–H and O–H groups in total. The minimum Gasteiger partial charge on any atom is -0.480 e. The van der Waals surface area contributed by atoms with Gasteiger partial charge in [0.2, 0.25) is 0 Å². The standard InChI is InChI=1S/C8H16O3S/c1-3-4-5-6-12(11)7(2)8(9)10/h7H,3-6H2,1-2H3,(H,9,10). The molecule has 0 aliphatic carbocycles. The van der Waals surface area contributed by atoms with Crippen molar-refractivity contribution in [1.82, 2.24) is 0 Å². The molecule has 0 heterocycles. The Morgan fingerprint density at radius 2 is 2.08 bits per heavy atom. The first kappa shape index (κ1) is 11.6. The van der Waals surface area contributed by atoms with Gasteiger partial charge >= 0.3 is 5.97 Å². The topological polar surface area (TPSA) is 54.4 Å². The Kier molecular flexibility index (Phi) is 5.98. The summed E-state index contributed by atoms with van der Waals surface area (Å²) >= 11 is 0. The van der Waals surface area contributed by atoms with Crippen LogP contribution >= 0.6 is 0 Å². The van der Waals surface area contributed by atoms with E-state index in [1.54, 1.807) is 0 Å². The fourth-order valence-electron chi connectivity index (χ4n) is 0.784. The Labute approximate surface area is 75.6 Å². The molecule has 0 aromatic rings. The third-order valence-electron chi connectivity index (χ3n) is 1.69. The number of carboxylic acids is 1. The quantitative estimate of drug-likeness (QED) is 0.647. The van der Waals surface area contributed by atoms with E-state index in [2.05, 4.69) is 6.92 Å². The molecule has 0 radical (unpaired) electrons. The fourth-order valence-corrected chi connectivity index (χ4v) is 1.85. The lowest BCUT2D eigenvalue weighted by Gasteiger charge is -2.05. The molecular weight excluding hydrogens is 176 g/mol. The van der Waals surface area contributed by atoms with Gasteiger partial charge in [0.1, 0.15) is 5.25 Å². The van der Waals surface area contributed by atoms with Crippen molar-refractivity contribution in [2.24, 2.45) is 0 Å². The van der Waals surface area contributed by atoms with Crippen LogP contribution in [0.3, 0.4) is 0 Å². The molecule has 0 aromatic heterocycles. The van der Waals surface area contributed by atoms with E-state index in [0.717, 1.165) is 19.3 Å². The third kappa shape index (κ3) is 4.49. The van der Waals surface area contributed by atoms with E-state index >= 15 is 0 Å². The summed E-state index contributed by atoms with van der Waals surface area (Å²) in [6.45, 7) is 3.55. The summed E-state index contributed by atoms with van der Waals surface area (Å²) in [5.41, 5.74) is 0. The van der Waals surface area contributed by atoms with Gasteiger partial charge in [0.05, 0.1) is 0 Å². The van der Waals surface area contributed by atoms with E-state index in [1.807, 2.05) is 0 Å². The highest BCUT2D eigenvalue weighted by Gasteiger charge is 2.17. The van der Waals surface area contributed by atoms with Crippen LogP contribution in [0.25, 0.3) is 0 Å². The van der Waals surface area contributed by atoms with Gasteiger partial charge in [-0.05, 0) is 13.3 Å². The first-order valence-electron chi connectivity index (χ1n) is 4.19. The molecule has 4 heteroatoms. The van der Waals surface area contributed by atoms with Crippen LogP contribution in [0.2, 0.25) is 0 Å². The molecule has 2 atom stereocenters. The van der Waals surface area contributed by atoms with Gasteiger partial charge in [0.25, 0.3) is 0 Å². The maximum Gasteiger partial charge on any atom is 0.318 e. The summed E-state index contributed by atoms with van der Waals surface area (Å²) in [4.78, 5) is 10.4. The first-order valence-corrected chi connectivity index (χ1v) is 5.57. The van der Waals surface area contributed by atoms with Gasteiger partial charge in [-0.1, -0.05) is 19.8 Å². The second-order valence-electron chi connectivity index (χ2n) is 2.77. The molecule has 0 rings (SSSR count). The van der Waals surface area contributed by atoms with Gasteiger partial charge < -0.3 is 5.11 Å². The Bertz CT molecular complexity index is 168. The summed E-state index contributed by atoms with van der Waals surface area (Å²) in [6.07, 6.45) is 2.96. The van der Waals surface area contributed by atoms with Crippen LogP contribution in [0.4, 0.5) is 0 Å². The van der Waals surface area contributed by atoms with E-state index in [4.69, 9.17) is 5.11 Å². The number of carbonyl (C=O) groups is 1. The Morgan fingerprint density at radius 1 is 1.50 bits per heavy atom. The highest BCUT2D eigenvalue weighted by molar-refractivity contribution is 7.86. The van der Waals surface area contributed by atoms with Crippen molar-refractivity contribution < 1.29 is 14.1 Å². The second-order valence-corrected chi connectivity index (χ2v) is 4.65. The summed E-state index contributed by atoms with van der Waals surface area (Å²) in [7, 11) is -1.20. The molecule has 0 fully saturated rings. The largest absolute Gasteiger partial charge is 0.480 e. The lowest BCUT2D eigenvalue weighted by molar-refractivity contribution is -0.136. The molecule has 0 aliphatic heterocycles. The molecule has 12 heavy (non-hydrogen) atoms. The number of rotatable bonds is 6. The molecule has 0 amide bonds. The van der Waals surface area contributed by atoms with Crippen LogP contribution in [0.5, 0.6) is 0 Å². The second kappa shape index (κ2) is 6.17. The molecule has 0 saturated carbocycles. The molecule has 0 spiro atoms. The zero-order valence-corrected chi connectivity index (χ0v) is 8.39. The van der Waals surface area contributed by atoms with Gasteiger partial charge in [-0.2, -0.15) is 0 Å². The van der Waals surface area contributed by atoms with Gasteiger partial charge in [-0.3, -0.25) is 9.00 Å². The Balaban J connectivity index is 3.65. The number of carboxylic acid groups (broad SMARTS) is 1. The fraction of sp³-hybridized carbons (Fsp3) is 0.875. The molecule has 0 saturated heterocycles. The van der Waals surface area contributed by atoms with E-state index in [9.17, 15) is 9.00 Å². The van der Waals surface area contributed by atoms with Gasteiger partial charge in [-0.25, -0.2) is 0 Å². The lowest BCUT2D eigenvalue weighted by atomic mass is 10.3. The third-order valence-corrected chi connectivity index (χ3v) is 3.37. The van der Waals surface area contributed by atoms with Crippen molar-refractivity contribution >= 4 is 16.8 Å². The van der Waals surface area contributed by atoms with E-state index in [0.29, 0.717) is 5.75 Å². The van der Waals surface area contributed by atoms with E-state index < -0.39 is 22.0 Å². The van der Waals surface area contributed by atoms with Crippen molar-refractivity contribution in [3.8, 4) is 0 Å². The average Bonchev–Trinajstić information content (AvgIpc) is 2.03. The predicted octanol–water partition coefficient (Wildman–Crippen LogP) is 1.40. The van der Waals surface area contributed by atoms with Crippen molar-refractivity contribution in [3.05, 3.63) is 0 Å². The van der Waals surface area contributed by atoms with Crippen LogP contribution in [0.15, 0.2) is 0 Å². The smallest absolute Gasteiger partial charge is 0.318 e. The van der Waals surface area contributed by atoms with Crippen LogP contribution in [-0.4, -0.2) is 26.3 Å². The lowest BCUT2D eigenvalue weighted by Crippen LogP contribution is -2.23. The van der Waals surface area contributed by atoms with Crippen molar-refractivity contribution in [3.63, 3.8) is 0 Å². The molecule has 0 aromatic carbocycles. The number of hydrogen-bond acceptors (Lipinski definition) is 2. The number of aliphatic carboxylic acids is 1. The Morgan fingerprint density at radius 3 is 2.50 bits per heavy atom. The monoisotopic (exact) mass is 192 g/mol. The highest BCUT2D eigenvalue weighted by atomic mass is 32.2. The molecule has 0 aliphatic rings. The summed E-state index contributed by atoms with van der Waals surface area (Å²) in [5.74, 6) is -0.453. The number of unbranched alkanes of at least 4 members (excludes halogenated alkanes) is 2. The predicted molar refractivity (Wildman–Crippen MR) is 49.6 cm³/mol. The molecular formula is C8H16O3S. The zero-order valence-electron chi connectivity index (χ0n) is 7.58. The van der Waals surface area contributed by atoms with Crippen molar-refractivity contribution in [2.75, 3.05) is 5.75 Å². The Hall–Kier alpha value is -0.380. The highest BCUT2D eigenvalue weighted by Crippen LogP contribution is 2.01. The molecule has 72 valence electrons. The van der Waals surface area contributed by atoms with Gasteiger partial charge in [0, 0.05) is 16.6 Å². The van der Waals surface area contributed by atoms with Gasteiger partial charge in [-0.15, -0.1) is 0 Å². The minimum absolute atomic E-state index is 0.515. The maximum atomic E-state index is 11.2. The van der Waals surface area contributed by atoms with Crippen molar-refractivity contribution in [1.29, 1.82) is 0 Å². The van der Waals surface area contributed by atoms with Crippen LogP contribution < -0.4 is 0 Å². The SMILES string of the molecule is CCCCCS(=O)C(C)C(=O)O. The van der Waals surface area contributed by atoms with E-state index in [1.165, 1.54) is 6.92 Å². The minimum atomic E-state index is -1.20. The summed E-state index contributed by atoms with van der Waals surface area (Å²) in [6, 6.07) is 0. The summed E-state index contributed by atoms with van der Waals surface area (Å²) in [5, 5.41) is 7.80. The first-order chi connectivity index (χ1) is 5.59. The molecule has 3 nitrogen and oxygen atoms in total. The number of hydrogen-bond donors (Lipinski definition) is 1. The summed E-state index contributed by atoms with van der Waals surface area (Å²) < 4.78 is 11.2. The maximum absolute atomic E-state index is 11.2. The molecule has 0 bridgehead atoms. The van der Waals surface area contributed by atoms with E-state index in [-0.39, 0.29) is 0 Å². The van der Waals surface area contributed by atoms with Crippen LogP contribution in [0, 0.1) is 0 Å². The normalized spacial score (nSPS) is 15.5. The van der Waals surface area contributed by atoms with Crippen LogP contribution in [-0.2, 0) is 15.6 Å². The van der Waals surface area contributed by atoms with Crippen LogP contribution in [0.1, 0.15) is 33.1 Å². The average molecular weight is 192 g/mol.